The van der Waals surface area contributed by atoms with Crippen LogP contribution >= 0.6 is 0 Å². The van der Waals surface area contributed by atoms with Gasteiger partial charge in [0.05, 0.1) is 54.6 Å². The van der Waals surface area contributed by atoms with E-state index in [0.717, 1.165) is 87.3 Å². The molecule has 9 heterocycles. The number of para-hydroxylation sites is 2. The van der Waals surface area contributed by atoms with Crippen molar-refractivity contribution in [3.05, 3.63) is 64.9 Å². The van der Waals surface area contributed by atoms with Gasteiger partial charge in [-0.15, -0.1) is 0 Å². The molecule has 11 aliphatic rings. The summed E-state index contributed by atoms with van der Waals surface area (Å²) in [5.74, 6) is 1.21. The number of esters is 1. The fourth-order valence-electron chi connectivity index (χ4n) is 16.6. The van der Waals surface area contributed by atoms with Gasteiger partial charge in [0.25, 0.3) is 0 Å². The first-order chi connectivity index (χ1) is 25.9. The molecule has 2 aromatic rings. The molecular formula is C43H48N4O6. The maximum absolute atomic E-state index is 16.0. The summed E-state index contributed by atoms with van der Waals surface area (Å²) < 4.78 is 25.7. The molecule has 0 bridgehead atoms. The van der Waals surface area contributed by atoms with Gasteiger partial charge in [-0.3, -0.25) is 9.69 Å². The van der Waals surface area contributed by atoms with E-state index >= 15 is 4.79 Å². The topological polar surface area (TPSA) is 92.8 Å². The van der Waals surface area contributed by atoms with Crippen LogP contribution in [-0.4, -0.2) is 106 Å². The number of hydrogen-bond acceptors (Lipinski definition) is 9. The van der Waals surface area contributed by atoms with Gasteiger partial charge in [0.2, 0.25) is 5.91 Å². The number of ether oxygens (including phenoxy) is 4. The van der Waals surface area contributed by atoms with Crippen LogP contribution in [-0.2, 0) is 34.6 Å². The Morgan fingerprint density at radius 3 is 2.62 bits per heavy atom. The molecule has 9 aliphatic heterocycles. The summed E-state index contributed by atoms with van der Waals surface area (Å²) in [6, 6.07) is 15.9. The highest BCUT2D eigenvalue weighted by Crippen LogP contribution is 2.75. The predicted octanol–water partition coefficient (Wildman–Crippen LogP) is 4.37. The lowest BCUT2D eigenvalue weighted by molar-refractivity contribution is -0.192. The smallest absolute Gasteiger partial charge is 0.335 e. The molecule has 1 N–H and O–H groups in total. The minimum Gasteiger partial charge on any atom is -0.495 e. The molecule has 0 radical (unpaired) electrons. The van der Waals surface area contributed by atoms with Crippen molar-refractivity contribution in [3.63, 3.8) is 0 Å². The van der Waals surface area contributed by atoms with Crippen LogP contribution in [0.4, 0.5) is 11.4 Å². The van der Waals surface area contributed by atoms with Gasteiger partial charge in [0, 0.05) is 72.6 Å². The number of amides is 1. The van der Waals surface area contributed by atoms with E-state index < -0.39 is 16.2 Å². The number of benzene rings is 2. The first-order valence-electron chi connectivity index (χ1n) is 20.3. The van der Waals surface area contributed by atoms with Gasteiger partial charge in [-0.05, 0) is 87.1 Å². The summed E-state index contributed by atoms with van der Waals surface area (Å²) >= 11 is 0. The number of piperidine rings is 3. The monoisotopic (exact) mass is 716 g/mol. The van der Waals surface area contributed by atoms with E-state index in [1.54, 1.807) is 7.11 Å². The van der Waals surface area contributed by atoms with Crippen molar-refractivity contribution in [1.82, 2.24) is 9.80 Å². The molecule has 0 aromatic heterocycles. The average molecular weight is 717 g/mol. The summed E-state index contributed by atoms with van der Waals surface area (Å²) in [6.45, 7) is 4.92. The molecule has 1 amide bonds. The van der Waals surface area contributed by atoms with E-state index in [9.17, 15) is 4.79 Å². The molecule has 10 nitrogen and oxygen atoms in total. The Labute approximate surface area is 310 Å². The van der Waals surface area contributed by atoms with E-state index in [4.69, 9.17) is 18.9 Å². The number of carbonyl (C=O) groups is 2. The average Bonchev–Trinajstić information content (AvgIpc) is 4.04. The fraction of sp³-hybridized carbons (Fsp3) is 0.628. The molecule has 2 aliphatic carbocycles. The van der Waals surface area contributed by atoms with E-state index in [1.807, 2.05) is 0 Å². The van der Waals surface area contributed by atoms with Crippen molar-refractivity contribution in [2.24, 2.45) is 22.2 Å². The van der Waals surface area contributed by atoms with Gasteiger partial charge in [-0.2, -0.15) is 0 Å². The molecule has 13 rings (SSSR count). The molecule has 53 heavy (non-hydrogen) atoms. The van der Waals surface area contributed by atoms with Gasteiger partial charge < -0.3 is 34.1 Å². The van der Waals surface area contributed by atoms with Crippen molar-refractivity contribution in [1.29, 1.82) is 0 Å². The molecule has 2 aromatic carbocycles. The Kier molecular flexibility index (Phi) is 5.56. The van der Waals surface area contributed by atoms with Crippen LogP contribution < -0.4 is 15.0 Å². The zero-order valence-electron chi connectivity index (χ0n) is 30.7. The zero-order chi connectivity index (χ0) is 35.3. The maximum atomic E-state index is 16.0. The van der Waals surface area contributed by atoms with E-state index in [1.165, 1.54) is 23.9 Å². The molecule has 8 fully saturated rings. The Morgan fingerprint density at radius 2 is 1.74 bits per heavy atom. The number of rotatable bonds is 2. The highest BCUT2D eigenvalue weighted by atomic mass is 16.5. The van der Waals surface area contributed by atoms with Crippen LogP contribution in [0.2, 0.25) is 0 Å². The second kappa shape index (κ2) is 9.61. The third-order valence-electron chi connectivity index (χ3n) is 17.4. The zero-order valence-corrected chi connectivity index (χ0v) is 30.7. The fourth-order valence-corrected chi connectivity index (χ4v) is 16.6. The highest BCUT2D eigenvalue weighted by Gasteiger charge is 2.81. The van der Waals surface area contributed by atoms with Crippen molar-refractivity contribution in [2.75, 3.05) is 63.8 Å². The summed E-state index contributed by atoms with van der Waals surface area (Å²) in [5.41, 5.74) is 4.92. The number of carbonyl (C=O) groups excluding carboxylic acids is 2. The SMILES string of the molecule is COC(=O)C1=C2Nc3ccccc3[C@@]23CCN2C(=O)[C@]4(C[C@H]5C[C@]67CCO[C@H]6CCN6CC[C@]8(c9cccc(OC)c9N(C4)[C@H]58)[C@@H]67)[C@@H]4OCC[C@]4(C1)[C@H]23. The lowest BCUT2D eigenvalue weighted by Crippen LogP contribution is -2.78. The van der Waals surface area contributed by atoms with E-state index in [-0.39, 0.29) is 41.0 Å². The van der Waals surface area contributed by atoms with Crippen LogP contribution in [0.15, 0.2) is 53.7 Å². The van der Waals surface area contributed by atoms with Gasteiger partial charge in [-0.25, -0.2) is 4.79 Å². The van der Waals surface area contributed by atoms with Gasteiger partial charge >= 0.3 is 5.97 Å². The van der Waals surface area contributed by atoms with Gasteiger partial charge in [0.15, 0.2) is 0 Å². The van der Waals surface area contributed by atoms with Crippen LogP contribution in [0.1, 0.15) is 62.5 Å². The van der Waals surface area contributed by atoms with E-state index in [2.05, 4.69) is 62.5 Å². The Morgan fingerprint density at radius 1 is 0.887 bits per heavy atom. The van der Waals surface area contributed by atoms with E-state index in [0.29, 0.717) is 44.1 Å². The predicted molar refractivity (Wildman–Crippen MR) is 195 cm³/mol. The molecule has 276 valence electrons. The molecule has 11 atom stereocenters. The van der Waals surface area contributed by atoms with Crippen LogP contribution in [0.3, 0.4) is 0 Å². The number of nitrogens with one attached hydrogen (secondary N) is 1. The van der Waals surface area contributed by atoms with Gasteiger partial charge in [0.1, 0.15) is 5.75 Å². The molecule has 10 heteroatoms. The molecular weight excluding hydrogens is 668 g/mol. The van der Waals surface area contributed by atoms with Crippen molar-refractivity contribution < 1.29 is 28.5 Å². The Bertz CT molecular complexity index is 2090. The van der Waals surface area contributed by atoms with Crippen molar-refractivity contribution >= 4 is 23.3 Å². The lowest BCUT2D eigenvalue weighted by atomic mass is 9.44. The third-order valence-corrected chi connectivity index (χ3v) is 17.4. The standard InChI is InChI=1S/C43H48N4O6/c1-50-29-9-5-7-27-31(29)47-23-41(21-24-20-39-13-18-52-30(39)10-15-45-16-11-43(27,33(24)47)35(39)45)37-40(14-19-53-37)22-25(34(48)51-2)32-42(12-17-46(36(40)42)38(41)49)26-6-3-4-8-28(26)44-32/h3-9,24,30,33,35-37,44H,10-23H2,1-2H3/t24-,30+,33-,35+,36+,37-,39-,40+,41+,42+,43-/m1/s1. The summed E-state index contributed by atoms with van der Waals surface area (Å²) in [7, 11) is 3.31. The maximum Gasteiger partial charge on any atom is 0.335 e. The largest absolute Gasteiger partial charge is 0.495 e. The molecule has 5 spiro atoms. The summed E-state index contributed by atoms with van der Waals surface area (Å²) in [4.78, 5) is 37.8. The molecule has 7 saturated heterocycles. The minimum atomic E-state index is -0.765. The number of anilines is 2. The first-order valence-corrected chi connectivity index (χ1v) is 20.3. The highest BCUT2D eigenvalue weighted by molar-refractivity contribution is 5.95. The number of nitrogens with zero attached hydrogens (tertiary/aromatic N) is 3. The van der Waals surface area contributed by atoms with Gasteiger partial charge in [-0.1, -0.05) is 30.3 Å². The lowest BCUT2D eigenvalue weighted by Gasteiger charge is -2.67. The Hall–Kier alpha value is -3.60. The van der Waals surface area contributed by atoms with Crippen LogP contribution in [0, 0.1) is 22.2 Å². The number of methoxy groups -OCH3 is 2. The first kappa shape index (κ1) is 30.7. The van der Waals surface area contributed by atoms with Crippen molar-refractivity contribution in [2.45, 2.75) is 92.5 Å². The second-order valence-electron chi connectivity index (χ2n) is 18.7. The Balaban J connectivity index is 1.03. The van der Waals surface area contributed by atoms with Crippen molar-refractivity contribution in [3.8, 4) is 5.75 Å². The number of fused-ring (bicyclic) bond motifs is 4. The number of hydrogen-bond donors (Lipinski definition) is 1. The second-order valence-corrected chi connectivity index (χ2v) is 18.7. The van der Waals surface area contributed by atoms with Crippen LogP contribution in [0.5, 0.6) is 5.75 Å². The van der Waals surface area contributed by atoms with Crippen LogP contribution in [0.25, 0.3) is 0 Å². The minimum absolute atomic E-state index is 0.0350. The summed E-state index contributed by atoms with van der Waals surface area (Å²) in [6.07, 6.45) is 7.30. The summed E-state index contributed by atoms with van der Waals surface area (Å²) in [5, 5.41) is 3.72. The third kappa shape index (κ3) is 3.06. The normalized spacial score (nSPS) is 45.9. The molecule has 1 saturated carbocycles. The quantitative estimate of drug-likeness (QED) is 0.456. The molecule has 0 unspecified atom stereocenters.